The maximum atomic E-state index is 13.2. The molecule has 0 bridgehead atoms. The number of terminal acetylenes is 1. The molecule has 1 spiro atoms. The average Bonchev–Trinajstić information content (AvgIpc) is 3.65. The van der Waals surface area contributed by atoms with E-state index in [1.807, 2.05) is 23.3 Å². The second kappa shape index (κ2) is 11.6. The van der Waals surface area contributed by atoms with Gasteiger partial charge >= 0.3 is 5.97 Å². The lowest BCUT2D eigenvalue weighted by molar-refractivity contribution is -0.181. The molecular weight excluding hydrogens is 534 g/mol. The molecule has 5 aliphatic rings. The van der Waals surface area contributed by atoms with Gasteiger partial charge in [-0.05, 0) is 112 Å². The smallest absolute Gasteiger partial charge is 0.357 e. The number of nitrogens with zero attached hydrogens (tertiary/aromatic N) is 2. The molecule has 43 heavy (non-hydrogen) atoms. The lowest BCUT2D eigenvalue weighted by atomic mass is 9.73. The van der Waals surface area contributed by atoms with E-state index in [1.54, 1.807) is 17.7 Å². The van der Waals surface area contributed by atoms with Gasteiger partial charge in [0.05, 0.1) is 35.4 Å². The van der Waals surface area contributed by atoms with Crippen molar-refractivity contribution in [2.24, 2.45) is 35.5 Å². The molecule has 0 radical (unpaired) electrons. The topological polar surface area (TPSA) is 67.4 Å². The molecule has 1 aromatic carbocycles. The van der Waals surface area contributed by atoms with Crippen molar-refractivity contribution in [3.8, 4) is 12.3 Å². The number of fused-ring (bicyclic) bond motifs is 5. The summed E-state index contributed by atoms with van der Waals surface area (Å²) >= 11 is 0. The van der Waals surface area contributed by atoms with E-state index >= 15 is 0 Å². The number of carbonyl (C=O) groups is 1. The summed E-state index contributed by atoms with van der Waals surface area (Å²) in [7, 11) is 0. The number of aryl methyl sites for hydroxylation is 1. The summed E-state index contributed by atoms with van der Waals surface area (Å²) in [5, 5.41) is 9.57. The molecule has 7 rings (SSSR count). The highest BCUT2D eigenvalue weighted by atomic mass is 16.7. The number of H-pyrrole nitrogens is 1. The molecule has 3 aliphatic carbocycles. The SMILES string of the molecule is C#C[C@@H]1[C@H]2[C@@H](C[C@H](C)CN2OC(=O)c2ccccc2)O[C@]12CC[C@@H]1C(=C(C)C2)C[C@H]2[C@H]1CCCCc1[nH]ncc1C[C@@H]2C. The van der Waals surface area contributed by atoms with Crippen molar-refractivity contribution in [3.05, 3.63) is 64.5 Å². The number of benzene rings is 1. The molecule has 1 saturated carbocycles. The summed E-state index contributed by atoms with van der Waals surface area (Å²) in [6, 6.07) is 9.14. The Morgan fingerprint density at radius 3 is 2.81 bits per heavy atom. The second-order valence-corrected chi connectivity index (χ2v) is 14.5. The van der Waals surface area contributed by atoms with E-state index in [1.165, 1.54) is 42.5 Å². The number of nitrogens with one attached hydrogen (secondary N) is 1. The van der Waals surface area contributed by atoms with Crippen LogP contribution in [0.1, 0.15) is 93.8 Å². The number of hydrogen-bond acceptors (Lipinski definition) is 5. The average molecular weight is 582 g/mol. The molecule has 3 heterocycles. The molecule has 1 aromatic heterocycles. The summed E-state index contributed by atoms with van der Waals surface area (Å²) < 4.78 is 7.15. The predicted molar refractivity (Wildman–Crippen MR) is 167 cm³/mol. The van der Waals surface area contributed by atoms with Crippen LogP contribution < -0.4 is 0 Å². The van der Waals surface area contributed by atoms with Crippen LogP contribution in [0.5, 0.6) is 0 Å². The van der Waals surface area contributed by atoms with Crippen LogP contribution in [0.2, 0.25) is 0 Å². The van der Waals surface area contributed by atoms with Crippen LogP contribution in [0, 0.1) is 47.9 Å². The number of hydrogen-bond donors (Lipinski definition) is 1. The van der Waals surface area contributed by atoms with Gasteiger partial charge in [0.2, 0.25) is 0 Å². The monoisotopic (exact) mass is 581 g/mol. The largest absolute Gasteiger partial charge is 0.368 e. The van der Waals surface area contributed by atoms with Gasteiger partial charge < -0.3 is 9.57 Å². The molecule has 6 heteroatoms. The van der Waals surface area contributed by atoms with Crippen LogP contribution in [0.15, 0.2) is 47.7 Å². The Morgan fingerprint density at radius 2 is 2.00 bits per heavy atom. The number of aromatic nitrogens is 2. The Kier molecular flexibility index (Phi) is 7.76. The third-order valence-electron chi connectivity index (χ3n) is 11.8. The minimum absolute atomic E-state index is 0.0327. The summed E-state index contributed by atoms with van der Waals surface area (Å²) in [5.74, 6) is 5.81. The van der Waals surface area contributed by atoms with Crippen LogP contribution >= 0.6 is 0 Å². The lowest BCUT2D eigenvalue weighted by Crippen LogP contribution is -2.52. The second-order valence-electron chi connectivity index (χ2n) is 14.5. The maximum Gasteiger partial charge on any atom is 0.357 e. The summed E-state index contributed by atoms with van der Waals surface area (Å²) in [6.07, 6.45) is 19.6. The number of carbonyl (C=O) groups excluding carboxylic acids is 1. The molecule has 228 valence electrons. The van der Waals surface area contributed by atoms with Crippen LogP contribution in [0.3, 0.4) is 0 Å². The molecule has 2 aromatic rings. The molecule has 2 aliphatic heterocycles. The first-order valence-electron chi connectivity index (χ1n) is 16.7. The van der Waals surface area contributed by atoms with E-state index in [9.17, 15) is 4.79 Å². The molecule has 6 nitrogen and oxygen atoms in total. The Hall–Kier alpha value is -2.88. The molecule has 2 saturated heterocycles. The fourth-order valence-corrected chi connectivity index (χ4v) is 9.85. The zero-order chi connectivity index (χ0) is 29.7. The highest BCUT2D eigenvalue weighted by molar-refractivity contribution is 5.89. The van der Waals surface area contributed by atoms with Gasteiger partial charge in [-0.3, -0.25) is 5.10 Å². The van der Waals surface area contributed by atoms with Gasteiger partial charge in [0.1, 0.15) is 0 Å². The van der Waals surface area contributed by atoms with E-state index in [0.717, 1.165) is 44.4 Å². The summed E-state index contributed by atoms with van der Waals surface area (Å²) in [5.41, 5.74) is 6.13. The minimum atomic E-state index is -0.407. The first-order valence-corrected chi connectivity index (χ1v) is 16.7. The molecule has 3 fully saturated rings. The first kappa shape index (κ1) is 28.9. The van der Waals surface area contributed by atoms with Crippen molar-refractivity contribution >= 4 is 5.97 Å². The van der Waals surface area contributed by atoms with Crippen molar-refractivity contribution in [2.45, 2.75) is 103 Å². The molecule has 0 unspecified atom stereocenters. The van der Waals surface area contributed by atoms with Crippen LogP contribution in [-0.2, 0) is 22.4 Å². The van der Waals surface area contributed by atoms with E-state index in [4.69, 9.17) is 16.0 Å². The minimum Gasteiger partial charge on any atom is -0.368 e. The molecule has 1 N–H and O–H groups in total. The Morgan fingerprint density at radius 1 is 1.16 bits per heavy atom. The summed E-state index contributed by atoms with van der Waals surface area (Å²) in [4.78, 5) is 19.3. The predicted octanol–water partition coefficient (Wildman–Crippen LogP) is 6.94. The zero-order valence-corrected chi connectivity index (χ0v) is 26.1. The fourth-order valence-electron chi connectivity index (χ4n) is 9.85. The van der Waals surface area contributed by atoms with Crippen molar-refractivity contribution in [3.63, 3.8) is 0 Å². The quantitative estimate of drug-likeness (QED) is 0.308. The Bertz CT molecular complexity index is 1410. The van der Waals surface area contributed by atoms with Gasteiger partial charge in [0.15, 0.2) is 0 Å². The van der Waals surface area contributed by atoms with E-state index in [2.05, 4.69) is 43.1 Å². The van der Waals surface area contributed by atoms with Crippen molar-refractivity contribution in [1.82, 2.24) is 15.3 Å². The van der Waals surface area contributed by atoms with E-state index in [-0.39, 0.29) is 24.0 Å². The first-order chi connectivity index (χ1) is 20.9. The molecular formula is C37H47N3O3. The van der Waals surface area contributed by atoms with Gasteiger partial charge in [0.25, 0.3) is 0 Å². The number of aromatic amines is 1. The van der Waals surface area contributed by atoms with E-state index in [0.29, 0.717) is 35.8 Å². The number of piperidine rings is 1. The fraction of sp³-hybridized carbons (Fsp3) is 0.622. The Balaban J connectivity index is 1.15. The van der Waals surface area contributed by atoms with Crippen molar-refractivity contribution < 1.29 is 14.4 Å². The third-order valence-corrected chi connectivity index (χ3v) is 11.8. The maximum absolute atomic E-state index is 13.2. The van der Waals surface area contributed by atoms with Gasteiger partial charge in [-0.15, -0.1) is 11.5 Å². The van der Waals surface area contributed by atoms with Gasteiger partial charge in [0, 0.05) is 12.2 Å². The molecule has 9 atom stereocenters. The standard InChI is InChI=1S/C37H47N3O3/c1-5-32-35-34(17-23(2)22-40(35)43-36(41)26-11-7-6-8-12-26)42-37(32)16-15-29-28-13-9-10-14-33-27(21-38-39-33)18-24(3)30(28)19-31(29)25(4)20-37/h1,6-8,11-12,21,23-24,28-30,32,34-35H,9-10,13-20,22H2,2-4H3,(H,38,39)/t23-,24-,28-,29-,30+,32+,34+,35-,37-/m0/s1. The number of hydroxylamine groups is 2. The van der Waals surface area contributed by atoms with Gasteiger partial charge in [-0.25, -0.2) is 4.79 Å². The zero-order valence-electron chi connectivity index (χ0n) is 26.1. The summed E-state index contributed by atoms with van der Waals surface area (Å²) in [6.45, 7) is 7.74. The molecule has 0 amide bonds. The number of rotatable bonds is 2. The Labute approximate surface area is 256 Å². The van der Waals surface area contributed by atoms with Crippen molar-refractivity contribution in [1.29, 1.82) is 0 Å². The highest BCUT2D eigenvalue weighted by Gasteiger charge is 2.60. The number of allylic oxidation sites excluding steroid dienone is 1. The van der Waals surface area contributed by atoms with E-state index < -0.39 is 5.60 Å². The van der Waals surface area contributed by atoms with Crippen LogP contribution in [0.4, 0.5) is 0 Å². The van der Waals surface area contributed by atoms with Crippen LogP contribution in [0.25, 0.3) is 0 Å². The van der Waals surface area contributed by atoms with Gasteiger partial charge in [-0.1, -0.05) is 55.5 Å². The van der Waals surface area contributed by atoms with Crippen molar-refractivity contribution in [2.75, 3.05) is 6.54 Å². The van der Waals surface area contributed by atoms with Gasteiger partial charge in [-0.2, -0.15) is 5.10 Å². The highest BCUT2D eigenvalue weighted by Crippen LogP contribution is 2.57. The normalized spacial score (nSPS) is 37.9. The lowest BCUT2D eigenvalue weighted by Gasteiger charge is -2.39. The number of ether oxygens (including phenoxy) is 1. The van der Waals surface area contributed by atoms with Crippen LogP contribution in [-0.4, -0.2) is 45.5 Å². The third kappa shape index (κ3) is 5.17.